The average Bonchev–Trinajstić information content (AvgIpc) is 2.85. The number of amides is 2. The zero-order valence-corrected chi connectivity index (χ0v) is 12.8. The first-order valence-electron chi connectivity index (χ1n) is 7.40. The molecule has 1 aromatic carbocycles. The van der Waals surface area contributed by atoms with Gasteiger partial charge in [-0.1, -0.05) is 26.8 Å². The normalized spacial score (nSPS) is 21.3. The third-order valence-corrected chi connectivity index (χ3v) is 3.78. The lowest BCUT2D eigenvalue weighted by molar-refractivity contribution is -0.120. The first-order valence-corrected chi connectivity index (χ1v) is 7.40. The van der Waals surface area contributed by atoms with Gasteiger partial charge >= 0.3 is 0 Å². The molecule has 1 saturated heterocycles. The molecule has 21 heavy (non-hydrogen) atoms. The van der Waals surface area contributed by atoms with Crippen LogP contribution in [0.3, 0.4) is 0 Å². The fourth-order valence-corrected chi connectivity index (χ4v) is 2.36. The maximum Gasteiger partial charge on any atom is 0.229 e. The molecule has 0 spiro atoms. The summed E-state index contributed by atoms with van der Waals surface area (Å²) in [5, 5.41) is 8.98. The summed E-state index contributed by atoms with van der Waals surface area (Å²) >= 11 is 0. The molecule has 0 saturated carbocycles. The second kappa shape index (κ2) is 6.72. The summed E-state index contributed by atoms with van der Waals surface area (Å²) in [7, 11) is 0. The Bertz CT molecular complexity index is 528. The Morgan fingerprint density at radius 1 is 1.19 bits per heavy atom. The minimum absolute atomic E-state index is 0.00101. The summed E-state index contributed by atoms with van der Waals surface area (Å²) in [6.45, 7) is 7.35. The fraction of sp³-hybridized carbons (Fsp3) is 0.500. The van der Waals surface area contributed by atoms with Crippen molar-refractivity contribution in [1.29, 1.82) is 0 Å². The summed E-state index contributed by atoms with van der Waals surface area (Å²) in [6, 6.07) is 7.25. The van der Waals surface area contributed by atoms with Crippen molar-refractivity contribution in [1.82, 2.24) is 5.32 Å². The highest BCUT2D eigenvalue weighted by Gasteiger charge is 2.29. The number of benzene rings is 1. The van der Waals surface area contributed by atoms with Crippen LogP contribution in [-0.2, 0) is 9.59 Å². The van der Waals surface area contributed by atoms with Crippen molar-refractivity contribution in [3.8, 4) is 0 Å². The van der Waals surface area contributed by atoms with Crippen molar-refractivity contribution >= 4 is 23.2 Å². The van der Waals surface area contributed by atoms with Crippen molar-refractivity contribution in [2.75, 3.05) is 23.7 Å². The molecule has 0 bridgehead atoms. The summed E-state index contributed by atoms with van der Waals surface area (Å²) in [5.41, 5.74) is 1.41. The van der Waals surface area contributed by atoms with Gasteiger partial charge in [-0.3, -0.25) is 9.59 Å². The largest absolute Gasteiger partial charge is 0.326 e. The van der Waals surface area contributed by atoms with E-state index in [2.05, 4.69) is 22.9 Å². The zero-order chi connectivity index (χ0) is 15.4. The van der Waals surface area contributed by atoms with Gasteiger partial charge in [0.15, 0.2) is 0 Å². The van der Waals surface area contributed by atoms with Crippen molar-refractivity contribution in [3.63, 3.8) is 0 Å². The van der Waals surface area contributed by atoms with Crippen LogP contribution in [0.5, 0.6) is 0 Å². The monoisotopic (exact) mass is 289 g/mol. The maximum atomic E-state index is 12.2. The van der Waals surface area contributed by atoms with Crippen molar-refractivity contribution in [2.45, 2.75) is 20.8 Å². The van der Waals surface area contributed by atoms with E-state index in [-0.39, 0.29) is 23.7 Å². The smallest absolute Gasteiger partial charge is 0.229 e. The fourth-order valence-electron chi connectivity index (χ4n) is 2.36. The van der Waals surface area contributed by atoms with Crippen molar-refractivity contribution in [2.24, 2.45) is 17.8 Å². The van der Waals surface area contributed by atoms with E-state index in [1.165, 1.54) is 0 Å². The van der Waals surface area contributed by atoms with Gasteiger partial charge in [0, 0.05) is 23.8 Å². The highest BCUT2D eigenvalue weighted by molar-refractivity contribution is 5.95. The minimum Gasteiger partial charge on any atom is -0.326 e. The number of rotatable bonds is 4. The van der Waals surface area contributed by atoms with E-state index in [1.807, 2.05) is 32.0 Å². The van der Waals surface area contributed by atoms with Crippen LogP contribution in [-0.4, -0.2) is 24.9 Å². The third-order valence-electron chi connectivity index (χ3n) is 3.78. The Hall–Kier alpha value is -1.88. The van der Waals surface area contributed by atoms with Crippen LogP contribution in [0, 0.1) is 17.8 Å². The number of carbonyl (C=O) groups is 2. The molecule has 1 aliphatic rings. The zero-order valence-electron chi connectivity index (χ0n) is 12.8. The molecule has 2 rings (SSSR count). The molecule has 5 heteroatoms. The van der Waals surface area contributed by atoms with Crippen LogP contribution in [0.1, 0.15) is 20.8 Å². The summed E-state index contributed by atoms with van der Waals surface area (Å²) in [5.74, 6) is 0.258. The second-order valence-electron chi connectivity index (χ2n) is 5.96. The quantitative estimate of drug-likeness (QED) is 0.794. The van der Waals surface area contributed by atoms with Gasteiger partial charge in [-0.05, 0) is 30.7 Å². The highest BCUT2D eigenvalue weighted by atomic mass is 16.2. The van der Waals surface area contributed by atoms with Crippen LogP contribution >= 0.6 is 0 Å². The molecule has 114 valence electrons. The van der Waals surface area contributed by atoms with Gasteiger partial charge in [-0.25, -0.2) is 0 Å². The predicted octanol–water partition coefficient (Wildman–Crippen LogP) is 2.08. The lowest BCUT2D eigenvalue weighted by Crippen LogP contribution is -2.27. The Balaban J connectivity index is 2.00. The summed E-state index contributed by atoms with van der Waals surface area (Å²) < 4.78 is 0. The van der Waals surface area contributed by atoms with E-state index in [0.717, 1.165) is 13.1 Å². The highest BCUT2D eigenvalue weighted by Crippen LogP contribution is 2.20. The molecular weight excluding hydrogens is 266 g/mol. The van der Waals surface area contributed by atoms with E-state index in [1.54, 1.807) is 6.07 Å². The third kappa shape index (κ3) is 4.04. The Morgan fingerprint density at radius 2 is 1.86 bits per heavy atom. The van der Waals surface area contributed by atoms with Crippen LogP contribution in [0.4, 0.5) is 11.4 Å². The van der Waals surface area contributed by atoms with Crippen LogP contribution in [0.15, 0.2) is 24.3 Å². The molecule has 0 aromatic heterocycles. The first kappa shape index (κ1) is 15.5. The number of nitrogens with one attached hydrogen (secondary N) is 3. The molecular formula is C16H23N3O2. The maximum absolute atomic E-state index is 12.2. The molecule has 1 heterocycles. The topological polar surface area (TPSA) is 70.2 Å². The molecule has 0 unspecified atom stereocenters. The van der Waals surface area contributed by atoms with Gasteiger partial charge in [-0.15, -0.1) is 0 Å². The van der Waals surface area contributed by atoms with Gasteiger partial charge in [0.1, 0.15) is 0 Å². The van der Waals surface area contributed by atoms with E-state index < -0.39 is 0 Å². The van der Waals surface area contributed by atoms with Crippen LogP contribution in [0.2, 0.25) is 0 Å². The standard InChI is InChI=1S/C16H23N3O2/c1-10(2)15(20)18-12-5-4-6-13(7-12)19-16(21)14-9-17-8-11(14)3/h4-7,10-11,14,17H,8-9H2,1-3H3,(H,18,20)(H,19,21)/t11-,14-/m1/s1. The van der Waals surface area contributed by atoms with Gasteiger partial charge < -0.3 is 16.0 Å². The molecule has 0 aliphatic carbocycles. The van der Waals surface area contributed by atoms with Gasteiger partial charge in [0.25, 0.3) is 0 Å². The molecule has 3 N–H and O–H groups in total. The first-order chi connectivity index (χ1) is 9.97. The number of hydrogen-bond acceptors (Lipinski definition) is 3. The lowest BCUT2D eigenvalue weighted by atomic mass is 9.97. The molecule has 5 nitrogen and oxygen atoms in total. The summed E-state index contributed by atoms with van der Waals surface area (Å²) in [6.07, 6.45) is 0. The lowest BCUT2D eigenvalue weighted by Gasteiger charge is -2.15. The van der Waals surface area contributed by atoms with E-state index in [0.29, 0.717) is 17.3 Å². The SMILES string of the molecule is CC(C)C(=O)Nc1cccc(NC(=O)[C@@H]2CNC[C@H]2C)c1. The number of anilines is 2. The van der Waals surface area contributed by atoms with E-state index in [4.69, 9.17) is 0 Å². The van der Waals surface area contributed by atoms with E-state index in [9.17, 15) is 9.59 Å². The molecule has 2 atom stereocenters. The molecule has 1 aliphatic heterocycles. The average molecular weight is 289 g/mol. The van der Waals surface area contributed by atoms with E-state index >= 15 is 0 Å². The van der Waals surface area contributed by atoms with Crippen LogP contribution in [0.25, 0.3) is 0 Å². The molecule has 1 aromatic rings. The van der Waals surface area contributed by atoms with Gasteiger partial charge in [0.05, 0.1) is 5.92 Å². The van der Waals surface area contributed by atoms with Gasteiger partial charge in [0.2, 0.25) is 11.8 Å². The van der Waals surface area contributed by atoms with Gasteiger partial charge in [-0.2, -0.15) is 0 Å². The summed E-state index contributed by atoms with van der Waals surface area (Å²) in [4.78, 5) is 23.9. The Morgan fingerprint density at radius 3 is 2.43 bits per heavy atom. The second-order valence-corrected chi connectivity index (χ2v) is 5.96. The molecule has 2 amide bonds. The molecule has 1 fully saturated rings. The van der Waals surface area contributed by atoms with Crippen molar-refractivity contribution < 1.29 is 9.59 Å². The minimum atomic E-state index is -0.0753. The Kier molecular flexibility index (Phi) is 4.96. The van der Waals surface area contributed by atoms with Crippen LogP contribution < -0.4 is 16.0 Å². The van der Waals surface area contributed by atoms with Crippen molar-refractivity contribution in [3.05, 3.63) is 24.3 Å². The predicted molar refractivity (Wildman–Crippen MR) is 84.1 cm³/mol. The Labute approximate surface area is 125 Å². The molecule has 0 radical (unpaired) electrons. The number of carbonyl (C=O) groups excluding carboxylic acids is 2. The number of hydrogen-bond donors (Lipinski definition) is 3.